The van der Waals surface area contributed by atoms with E-state index in [0.29, 0.717) is 12.2 Å². The number of H-pyrrole nitrogens is 1. The molecule has 0 saturated heterocycles. The summed E-state index contributed by atoms with van der Waals surface area (Å²) in [4.78, 5) is 14.6. The molecule has 2 rings (SSSR count). The van der Waals surface area contributed by atoms with Crippen LogP contribution in [0.2, 0.25) is 0 Å². The summed E-state index contributed by atoms with van der Waals surface area (Å²) in [5.74, 6) is -0.0868. The second kappa shape index (κ2) is 4.84. The summed E-state index contributed by atoms with van der Waals surface area (Å²) in [5, 5.41) is 7.00. The molecule has 5 heteroatoms. The minimum atomic E-state index is -0.0868. The molecule has 0 aliphatic carbocycles. The fraction of sp³-hybridized carbons (Fsp3) is 0.182. The highest BCUT2D eigenvalue weighted by Gasteiger charge is 2.08. The van der Waals surface area contributed by atoms with E-state index in [0.717, 1.165) is 4.47 Å². The molecular weight excluding hydrogens is 288 g/mol. The van der Waals surface area contributed by atoms with Gasteiger partial charge in [-0.3, -0.25) is 4.79 Å². The largest absolute Gasteiger partial charge is 0.356 e. The summed E-state index contributed by atoms with van der Waals surface area (Å²) in [6.07, 6.45) is 1.74. The molecule has 0 aliphatic rings. The molecule has 0 spiro atoms. The maximum absolute atomic E-state index is 11.7. The van der Waals surface area contributed by atoms with Crippen LogP contribution in [-0.4, -0.2) is 10.9 Å². The first kappa shape index (κ1) is 11.4. The van der Waals surface area contributed by atoms with Crippen molar-refractivity contribution < 1.29 is 4.79 Å². The van der Waals surface area contributed by atoms with Crippen LogP contribution in [0, 0.1) is 6.92 Å². The van der Waals surface area contributed by atoms with Crippen LogP contribution in [0.3, 0.4) is 0 Å². The van der Waals surface area contributed by atoms with Crippen LogP contribution in [0.4, 0.5) is 0 Å². The molecule has 0 fully saturated rings. The molecule has 84 valence electrons. The fourth-order valence-electron chi connectivity index (χ4n) is 1.34. The summed E-state index contributed by atoms with van der Waals surface area (Å²) in [7, 11) is 0. The average molecular weight is 299 g/mol. The second-order valence-corrected chi connectivity index (χ2v) is 5.15. The number of thiophene rings is 1. The Morgan fingerprint density at radius 2 is 2.38 bits per heavy atom. The molecule has 2 heterocycles. The van der Waals surface area contributed by atoms with E-state index < -0.39 is 0 Å². The van der Waals surface area contributed by atoms with Gasteiger partial charge in [-0.25, -0.2) is 0 Å². The third-order valence-electron chi connectivity index (χ3n) is 2.29. The summed E-state index contributed by atoms with van der Waals surface area (Å²) in [6.45, 7) is 2.62. The van der Waals surface area contributed by atoms with Gasteiger partial charge in [-0.05, 0) is 50.8 Å². The highest BCUT2D eigenvalue weighted by molar-refractivity contribution is 9.10. The second-order valence-electron chi connectivity index (χ2n) is 3.49. The monoisotopic (exact) mass is 298 g/mol. The number of amides is 1. The molecule has 2 aromatic rings. The van der Waals surface area contributed by atoms with Crippen molar-refractivity contribution in [3.8, 4) is 0 Å². The minimum Gasteiger partial charge on any atom is -0.356 e. The third kappa shape index (κ3) is 2.54. The molecule has 0 atom stereocenters. The lowest BCUT2D eigenvalue weighted by Crippen LogP contribution is -2.23. The van der Waals surface area contributed by atoms with Crippen molar-refractivity contribution in [2.45, 2.75) is 13.5 Å². The van der Waals surface area contributed by atoms with Crippen molar-refractivity contribution in [3.05, 3.63) is 44.3 Å². The van der Waals surface area contributed by atoms with Crippen LogP contribution in [0.25, 0.3) is 0 Å². The van der Waals surface area contributed by atoms with Gasteiger partial charge in [0.2, 0.25) is 0 Å². The normalized spacial score (nSPS) is 10.4. The molecule has 0 radical (unpaired) electrons. The number of aromatic nitrogens is 1. The first-order valence-electron chi connectivity index (χ1n) is 4.80. The van der Waals surface area contributed by atoms with Crippen LogP contribution in [0.5, 0.6) is 0 Å². The summed E-state index contributed by atoms with van der Waals surface area (Å²) >= 11 is 4.94. The maximum atomic E-state index is 11.7. The fourth-order valence-corrected chi connectivity index (χ4v) is 2.54. The predicted octanol–water partition coefficient (Wildman–Crippen LogP) is 3.08. The lowest BCUT2D eigenvalue weighted by atomic mass is 10.2. The Morgan fingerprint density at radius 3 is 2.94 bits per heavy atom. The van der Waals surface area contributed by atoms with E-state index >= 15 is 0 Å². The van der Waals surface area contributed by atoms with Crippen LogP contribution < -0.4 is 5.32 Å². The Morgan fingerprint density at radius 1 is 1.56 bits per heavy atom. The first-order chi connectivity index (χ1) is 7.66. The zero-order chi connectivity index (χ0) is 11.5. The van der Waals surface area contributed by atoms with E-state index in [1.165, 1.54) is 11.1 Å². The number of hydrogen-bond acceptors (Lipinski definition) is 2. The number of aryl methyl sites for hydroxylation is 1. The number of nitrogens with one attached hydrogen (secondary N) is 2. The Bertz CT molecular complexity index is 504. The quantitative estimate of drug-likeness (QED) is 0.899. The Labute approximate surface area is 106 Å². The molecule has 0 unspecified atom stereocenters. The lowest BCUT2D eigenvalue weighted by Gasteiger charge is -2.02. The molecule has 1 amide bonds. The van der Waals surface area contributed by atoms with Crippen LogP contribution in [0.1, 0.15) is 21.6 Å². The Hall–Kier alpha value is -1.07. The van der Waals surface area contributed by atoms with Gasteiger partial charge in [-0.2, -0.15) is 11.3 Å². The predicted molar refractivity (Wildman–Crippen MR) is 68.7 cm³/mol. The summed E-state index contributed by atoms with van der Waals surface area (Å²) < 4.78 is 0.879. The number of hydrogen-bond donors (Lipinski definition) is 2. The summed E-state index contributed by atoms with van der Waals surface area (Å²) in [6, 6.07) is 1.76. The van der Waals surface area contributed by atoms with Crippen molar-refractivity contribution >= 4 is 33.2 Å². The topological polar surface area (TPSA) is 44.9 Å². The van der Waals surface area contributed by atoms with Crippen LogP contribution in [0.15, 0.2) is 27.5 Å². The molecule has 0 saturated carbocycles. The molecule has 2 aromatic heterocycles. The van der Waals surface area contributed by atoms with Crippen LogP contribution >= 0.6 is 27.3 Å². The standard InChI is InChI=1S/C11H11BrN2OS/c1-7-5-16-6-8(7)3-14-11(15)10-2-9(12)4-13-10/h2,4-6,13H,3H2,1H3,(H,14,15). The van der Waals surface area contributed by atoms with Gasteiger partial charge < -0.3 is 10.3 Å². The Kier molecular flexibility index (Phi) is 3.46. The summed E-state index contributed by atoms with van der Waals surface area (Å²) in [5.41, 5.74) is 2.96. The van der Waals surface area contributed by atoms with Crippen molar-refractivity contribution in [2.24, 2.45) is 0 Å². The van der Waals surface area contributed by atoms with E-state index in [-0.39, 0.29) is 5.91 Å². The number of rotatable bonds is 3. The van der Waals surface area contributed by atoms with E-state index in [2.05, 4.69) is 37.0 Å². The van der Waals surface area contributed by atoms with Gasteiger partial charge in [0.25, 0.3) is 5.91 Å². The van der Waals surface area contributed by atoms with Crippen molar-refractivity contribution in [1.29, 1.82) is 0 Å². The average Bonchev–Trinajstić information content (AvgIpc) is 2.84. The van der Waals surface area contributed by atoms with Gasteiger partial charge in [0.15, 0.2) is 0 Å². The van der Waals surface area contributed by atoms with Crippen molar-refractivity contribution in [2.75, 3.05) is 0 Å². The van der Waals surface area contributed by atoms with Gasteiger partial charge in [-0.15, -0.1) is 0 Å². The number of carbonyl (C=O) groups is 1. The maximum Gasteiger partial charge on any atom is 0.267 e. The zero-order valence-corrected chi connectivity index (χ0v) is 11.1. The van der Waals surface area contributed by atoms with Gasteiger partial charge >= 0.3 is 0 Å². The highest BCUT2D eigenvalue weighted by atomic mass is 79.9. The van der Waals surface area contributed by atoms with Gasteiger partial charge in [-0.1, -0.05) is 0 Å². The van der Waals surface area contributed by atoms with Crippen LogP contribution in [-0.2, 0) is 6.54 Å². The van der Waals surface area contributed by atoms with E-state index in [4.69, 9.17) is 0 Å². The number of halogens is 1. The van der Waals surface area contributed by atoms with Crippen molar-refractivity contribution in [1.82, 2.24) is 10.3 Å². The van der Waals surface area contributed by atoms with Gasteiger partial charge in [0.05, 0.1) is 0 Å². The molecule has 2 N–H and O–H groups in total. The molecule has 0 bridgehead atoms. The van der Waals surface area contributed by atoms with Crippen molar-refractivity contribution in [3.63, 3.8) is 0 Å². The first-order valence-corrected chi connectivity index (χ1v) is 6.54. The molecule has 16 heavy (non-hydrogen) atoms. The van der Waals surface area contributed by atoms with E-state index in [1.807, 2.05) is 6.92 Å². The van der Waals surface area contributed by atoms with E-state index in [9.17, 15) is 4.79 Å². The van der Waals surface area contributed by atoms with E-state index in [1.54, 1.807) is 23.6 Å². The number of aromatic amines is 1. The molecular formula is C11H11BrN2OS. The highest BCUT2D eigenvalue weighted by Crippen LogP contribution is 2.14. The van der Waals surface area contributed by atoms with Gasteiger partial charge in [0.1, 0.15) is 5.69 Å². The SMILES string of the molecule is Cc1cscc1CNC(=O)c1cc(Br)c[nH]1. The number of carbonyl (C=O) groups excluding carboxylic acids is 1. The zero-order valence-electron chi connectivity index (χ0n) is 8.71. The van der Waals surface area contributed by atoms with Gasteiger partial charge in [0, 0.05) is 17.2 Å². The Balaban J connectivity index is 1.96. The molecule has 3 nitrogen and oxygen atoms in total. The molecule has 0 aliphatic heterocycles. The lowest BCUT2D eigenvalue weighted by molar-refractivity contribution is 0.0946. The molecule has 0 aromatic carbocycles. The smallest absolute Gasteiger partial charge is 0.267 e. The third-order valence-corrected chi connectivity index (χ3v) is 3.66. The minimum absolute atomic E-state index is 0.0868.